The molecule has 106 valence electrons. The van der Waals surface area contributed by atoms with E-state index in [1.807, 2.05) is 6.92 Å². The third-order valence-corrected chi connectivity index (χ3v) is 3.70. The first-order valence-electron chi connectivity index (χ1n) is 7.02. The standard InChI is InChI=1S/C15H22F2N2/c1-10-7-14(17)15(9-13(10)16)19-11(2)8-12-5-3-4-6-18-12/h7,9,11-12,18-19H,3-6,8H2,1-2H3. The van der Waals surface area contributed by atoms with Crippen LogP contribution in [-0.4, -0.2) is 18.6 Å². The van der Waals surface area contributed by atoms with Crippen molar-refractivity contribution in [3.8, 4) is 0 Å². The topological polar surface area (TPSA) is 24.1 Å². The minimum Gasteiger partial charge on any atom is -0.380 e. The summed E-state index contributed by atoms with van der Waals surface area (Å²) in [6.07, 6.45) is 4.57. The van der Waals surface area contributed by atoms with Gasteiger partial charge in [0.25, 0.3) is 0 Å². The van der Waals surface area contributed by atoms with Crippen molar-refractivity contribution in [1.29, 1.82) is 0 Å². The predicted octanol–water partition coefficient (Wildman–Crippen LogP) is 3.61. The van der Waals surface area contributed by atoms with Crippen LogP contribution < -0.4 is 10.6 Å². The Morgan fingerprint density at radius 1 is 1.32 bits per heavy atom. The molecule has 4 heteroatoms. The third kappa shape index (κ3) is 3.90. The highest BCUT2D eigenvalue weighted by atomic mass is 19.1. The van der Waals surface area contributed by atoms with Crippen molar-refractivity contribution >= 4 is 5.69 Å². The van der Waals surface area contributed by atoms with Gasteiger partial charge in [-0.3, -0.25) is 0 Å². The number of piperidine rings is 1. The fraction of sp³-hybridized carbons (Fsp3) is 0.600. The van der Waals surface area contributed by atoms with Crippen LogP contribution in [0.4, 0.5) is 14.5 Å². The molecule has 1 fully saturated rings. The number of rotatable bonds is 4. The van der Waals surface area contributed by atoms with Crippen LogP contribution >= 0.6 is 0 Å². The van der Waals surface area contributed by atoms with E-state index in [1.54, 1.807) is 6.92 Å². The van der Waals surface area contributed by atoms with Gasteiger partial charge in [0.1, 0.15) is 11.6 Å². The molecule has 2 rings (SSSR count). The second-order valence-electron chi connectivity index (χ2n) is 5.51. The molecule has 2 atom stereocenters. The Kier molecular flexibility index (Phi) is 4.75. The van der Waals surface area contributed by atoms with E-state index in [9.17, 15) is 8.78 Å². The van der Waals surface area contributed by atoms with Crippen molar-refractivity contribution in [3.63, 3.8) is 0 Å². The lowest BCUT2D eigenvalue weighted by atomic mass is 9.98. The Morgan fingerprint density at radius 3 is 2.79 bits per heavy atom. The highest BCUT2D eigenvalue weighted by Gasteiger charge is 2.17. The summed E-state index contributed by atoms with van der Waals surface area (Å²) in [6.45, 7) is 4.63. The van der Waals surface area contributed by atoms with Gasteiger partial charge in [-0.15, -0.1) is 0 Å². The van der Waals surface area contributed by atoms with Gasteiger partial charge in [-0.2, -0.15) is 0 Å². The first-order chi connectivity index (χ1) is 9.06. The fourth-order valence-electron chi connectivity index (χ4n) is 2.63. The summed E-state index contributed by atoms with van der Waals surface area (Å²) >= 11 is 0. The molecule has 1 heterocycles. The molecule has 1 aliphatic rings. The van der Waals surface area contributed by atoms with Gasteiger partial charge in [-0.1, -0.05) is 6.42 Å². The lowest BCUT2D eigenvalue weighted by Crippen LogP contribution is -2.37. The third-order valence-electron chi connectivity index (χ3n) is 3.70. The van der Waals surface area contributed by atoms with E-state index in [0.29, 0.717) is 11.6 Å². The van der Waals surface area contributed by atoms with Crippen LogP contribution in [0.1, 0.15) is 38.2 Å². The fourth-order valence-corrected chi connectivity index (χ4v) is 2.63. The molecule has 1 aromatic rings. The molecule has 0 bridgehead atoms. The molecule has 0 aromatic heterocycles. The zero-order chi connectivity index (χ0) is 13.8. The smallest absolute Gasteiger partial charge is 0.146 e. The molecular weight excluding hydrogens is 246 g/mol. The van der Waals surface area contributed by atoms with E-state index >= 15 is 0 Å². The Hall–Kier alpha value is -1.16. The van der Waals surface area contributed by atoms with E-state index in [1.165, 1.54) is 25.0 Å². The zero-order valence-electron chi connectivity index (χ0n) is 11.6. The normalized spacial score (nSPS) is 21.2. The maximum atomic E-state index is 13.7. The van der Waals surface area contributed by atoms with Crippen molar-refractivity contribution in [2.45, 2.75) is 51.6 Å². The minimum absolute atomic E-state index is 0.118. The molecule has 0 spiro atoms. The number of nitrogens with one attached hydrogen (secondary N) is 2. The average molecular weight is 268 g/mol. The molecule has 2 nitrogen and oxygen atoms in total. The number of benzene rings is 1. The SMILES string of the molecule is Cc1cc(F)c(NC(C)CC2CCCCN2)cc1F. The number of anilines is 1. The number of aryl methyl sites for hydroxylation is 1. The lowest BCUT2D eigenvalue weighted by Gasteiger charge is -2.27. The largest absolute Gasteiger partial charge is 0.380 e. The molecule has 1 aliphatic heterocycles. The van der Waals surface area contributed by atoms with Crippen LogP contribution in [-0.2, 0) is 0 Å². The summed E-state index contributed by atoms with van der Waals surface area (Å²) < 4.78 is 27.2. The van der Waals surface area contributed by atoms with Gasteiger partial charge >= 0.3 is 0 Å². The first kappa shape index (κ1) is 14.3. The van der Waals surface area contributed by atoms with Crippen molar-refractivity contribution in [2.24, 2.45) is 0 Å². The molecule has 0 amide bonds. The summed E-state index contributed by atoms with van der Waals surface area (Å²) in [5.74, 6) is -0.755. The van der Waals surface area contributed by atoms with Gasteiger partial charge in [0.05, 0.1) is 5.69 Å². The Bertz CT molecular complexity index is 428. The van der Waals surface area contributed by atoms with Crippen LogP contribution in [0.25, 0.3) is 0 Å². The second kappa shape index (κ2) is 6.33. The van der Waals surface area contributed by atoms with E-state index in [-0.39, 0.29) is 23.4 Å². The van der Waals surface area contributed by atoms with E-state index in [2.05, 4.69) is 10.6 Å². The van der Waals surface area contributed by atoms with Crippen LogP contribution in [0.2, 0.25) is 0 Å². The quantitative estimate of drug-likeness (QED) is 0.871. The molecule has 0 radical (unpaired) electrons. The summed E-state index contributed by atoms with van der Waals surface area (Å²) in [6, 6.07) is 3.08. The molecular formula is C15H22F2N2. The molecule has 1 saturated heterocycles. The van der Waals surface area contributed by atoms with Gasteiger partial charge < -0.3 is 10.6 Å². The second-order valence-corrected chi connectivity index (χ2v) is 5.51. The highest BCUT2D eigenvalue weighted by Crippen LogP contribution is 2.21. The molecule has 19 heavy (non-hydrogen) atoms. The van der Waals surface area contributed by atoms with Gasteiger partial charge in [-0.25, -0.2) is 8.78 Å². The van der Waals surface area contributed by atoms with E-state index in [4.69, 9.17) is 0 Å². The van der Waals surface area contributed by atoms with E-state index in [0.717, 1.165) is 19.4 Å². The molecule has 2 N–H and O–H groups in total. The van der Waals surface area contributed by atoms with Gasteiger partial charge in [0.15, 0.2) is 0 Å². The maximum absolute atomic E-state index is 13.7. The Balaban J connectivity index is 1.94. The minimum atomic E-state index is -0.387. The van der Waals surface area contributed by atoms with Crippen molar-refractivity contribution < 1.29 is 8.78 Å². The van der Waals surface area contributed by atoms with E-state index < -0.39 is 0 Å². The van der Waals surface area contributed by atoms with Crippen LogP contribution in [0.3, 0.4) is 0 Å². The zero-order valence-corrected chi connectivity index (χ0v) is 11.6. The highest BCUT2D eigenvalue weighted by molar-refractivity contribution is 5.47. The Morgan fingerprint density at radius 2 is 2.11 bits per heavy atom. The molecule has 0 saturated carbocycles. The molecule has 2 unspecified atom stereocenters. The van der Waals surface area contributed by atoms with Crippen molar-refractivity contribution in [3.05, 3.63) is 29.3 Å². The summed E-state index contributed by atoms with van der Waals surface area (Å²) in [5, 5.41) is 6.53. The first-order valence-corrected chi connectivity index (χ1v) is 7.02. The maximum Gasteiger partial charge on any atom is 0.146 e. The number of halogens is 2. The van der Waals surface area contributed by atoms with Crippen molar-refractivity contribution in [2.75, 3.05) is 11.9 Å². The average Bonchev–Trinajstić information content (AvgIpc) is 2.37. The summed E-state index contributed by atoms with van der Waals surface area (Å²) in [7, 11) is 0. The van der Waals surface area contributed by atoms with Gasteiger partial charge in [0.2, 0.25) is 0 Å². The lowest BCUT2D eigenvalue weighted by molar-refractivity contribution is 0.371. The monoisotopic (exact) mass is 268 g/mol. The van der Waals surface area contributed by atoms with Crippen LogP contribution in [0, 0.1) is 18.6 Å². The Labute approximate surface area is 113 Å². The summed E-state index contributed by atoms with van der Waals surface area (Å²) in [4.78, 5) is 0. The molecule has 0 aliphatic carbocycles. The van der Waals surface area contributed by atoms with Crippen molar-refractivity contribution in [1.82, 2.24) is 5.32 Å². The van der Waals surface area contributed by atoms with Crippen LogP contribution in [0.15, 0.2) is 12.1 Å². The van der Waals surface area contributed by atoms with Crippen LogP contribution in [0.5, 0.6) is 0 Å². The van der Waals surface area contributed by atoms with Gasteiger partial charge in [0, 0.05) is 18.2 Å². The van der Waals surface area contributed by atoms with Gasteiger partial charge in [-0.05, 0) is 51.3 Å². The molecule has 1 aromatic carbocycles. The number of hydrogen-bond acceptors (Lipinski definition) is 2. The number of hydrogen-bond donors (Lipinski definition) is 2. The predicted molar refractivity (Wildman–Crippen MR) is 74.4 cm³/mol. The summed E-state index contributed by atoms with van der Waals surface area (Å²) in [5.41, 5.74) is 0.594.